The first kappa shape index (κ1) is 13.2. The third-order valence-electron chi connectivity index (χ3n) is 2.75. The van der Waals surface area contributed by atoms with Crippen LogP contribution >= 0.6 is 0 Å². The van der Waals surface area contributed by atoms with E-state index in [0.29, 0.717) is 18.2 Å². The fraction of sp³-hybridized carbons (Fsp3) is 0.385. The number of nitrogen functional groups attached to an aromatic ring is 1. The summed E-state index contributed by atoms with van der Waals surface area (Å²) < 4.78 is 12.1. The van der Waals surface area contributed by atoms with Crippen molar-refractivity contribution in [1.29, 1.82) is 0 Å². The van der Waals surface area contributed by atoms with E-state index in [2.05, 4.69) is 5.10 Å². The molecule has 1 unspecified atom stereocenters. The summed E-state index contributed by atoms with van der Waals surface area (Å²) in [6.07, 6.45) is -0.709. The van der Waals surface area contributed by atoms with Crippen LogP contribution in [0.15, 0.2) is 18.2 Å². The number of esters is 1. The average molecular weight is 263 g/mol. The number of nitrogens with two attached hydrogens (primary N) is 1. The van der Waals surface area contributed by atoms with Gasteiger partial charge >= 0.3 is 5.97 Å². The first-order valence-electron chi connectivity index (χ1n) is 6.08. The van der Waals surface area contributed by atoms with E-state index in [4.69, 9.17) is 15.2 Å². The lowest BCUT2D eigenvalue weighted by molar-refractivity contribution is -0.150. The van der Waals surface area contributed by atoms with Crippen molar-refractivity contribution in [1.82, 2.24) is 9.78 Å². The van der Waals surface area contributed by atoms with Crippen LogP contribution in [0.2, 0.25) is 0 Å². The monoisotopic (exact) mass is 263 g/mol. The predicted molar refractivity (Wildman–Crippen MR) is 71.8 cm³/mol. The first-order chi connectivity index (χ1) is 9.02. The fourth-order valence-corrected chi connectivity index (χ4v) is 1.81. The van der Waals surface area contributed by atoms with E-state index in [1.807, 2.05) is 6.07 Å². The minimum absolute atomic E-state index is 0.322. The molecule has 0 fully saturated rings. The Labute approximate surface area is 111 Å². The molecule has 0 bridgehead atoms. The van der Waals surface area contributed by atoms with Gasteiger partial charge in [0.1, 0.15) is 0 Å². The topological polar surface area (TPSA) is 79.4 Å². The maximum atomic E-state index is 11.6. The summed E-state index contributed by atoms with van der Waals surface area (Å²) in [5, 5.41) is 5.02. The highest BCUT2D eigenvalue weighted by molar-refractivity contribution is 5.87. The molecule has 2 N–H and O–H groups in total. The Morgan fingerprint density at radius 3 is 2.95 bits per heavy atom. The Morgan fingerprint density at radius 2 is 2.26 bits per heavy atom. The molecule has 0 radical (unpaired) electrons. The van der Waals surface area contributed by atoms with Crippen molar-refractivity contribution in [3.8, 4) is 5.88 Å². The highest BCUT2D eigenvalue weighted by Gasteiger charge is 2.19. The standard InChI is InChI=1S/C13H17N3O3/c1-4-18-13(17)8(2)19-12-10-7-9(14)5-6-11(10)16(3)15-12/h5-8H,4,14H2,1-3H3. The van der Waals surface area contributed by atoms with E-state index >= 15 is 0 Å². The molecule has 1 aromatic carbocycles. The summed E-state index contributed by atoms with van der Waals surface area (Å²) in [6, 6.07) is 5.43. The third kappa shape index (κ3) is 2.62. The molecule has 6 nitrogen and oxygen atoms in total. The maximum absolute atomic E-state index is 11.6. The molecule has 1 aromatic heterocycles. The van der Waals surface area contributed by atoms with E-state index in [1.165, 1.54) is 0 Å². The number of benzene rings is 1. The highest BCUT2D eigenvalue weighted by atomic mass is 16.6. The molecule has 0 saturated heterocycles. The van der Waals surface area contributed by atoms with Crippen LogP contribution in [0.4, 0.5) is 5.69 Å². The maximum Gasteiger partial charge on any atom is 0.347 e. The first-order valence-corrected chi connectivity index (χ1v) is 6.08. The number of aromatic nitrogens is 2. The zero-order valence-electron chi connectivity index (χ0n) is 11.2. The number of hydrogen-bond donors (Lipinski definition) is 1. The van der Waals surface area contributed by atoms with Gasteiger partial charge in [0.25, 0.3) is 0 Å². The number of carbonyl (C=O) groups excluding carboxylic acids is 1. The van der Waals surface area contributed by atoms with Gasteiger partial charge in [0.2, 0.25) is 5.88 Å². The quantitative estimate of drug-likeness (QED) is 0.667. The zero-order valence-corrected chi connectivity index (χ0v) is 11.2. The Morgan fingerprint density at radius 1 is 1.53 bits per heavy atom. The second-order valence-electron chi connectivity index (χ2n) is 4.22. The second-order valence-corrected chi connectivity index (χ2v) is 4.22. The van der Waals surface area contributed by atoms with Gasteiger partial charge in [0, 0.05) is 12.7 Å². The van der Waals surface area contributed by atoms with E-state index in [1.54, 1.807) is 37.7 Å². The van der Waals surface area contributed by atoms with Crippen molar-refractivity contribution in [3.63, 3.8) is 0 Å². The smallest absolute Gasteiger partial charge is 0.347 e. The lowest BCUT2D eigenvalue weighted by atomic mass is 10.2. The number of aryl methyl sites for hydroxylation is 1. The van der Waals surface area contributed by atoms with Gasteiger partial charge in [-0.25, -0.2) is 4.79 Å². The van der Waals surface area contributed by atoms with Crippen LogP contribution in [-0.4, -0.2) is 28.5 Å². The van der Waals surface area contributed by atoms with Crippen LogP contribution < -0.4 is 10.5 Å². The molecule has 0 amide bonds. The Balaban J connectivity index is 2.30. The van der Waals surface area contributed by atoms with Gasteiger partial charge in [-0.3, -0.25) is 4.68 Å². The minimum atomic E-state index is -0.709. The van der Waals surface area contributed by atoms with Gasteiger partial charge in [-0.2, -0.15) is 0 Å². The number of rotatable bonds is 4. The van der Waals surface area contributed by atoms with E-state index < -0.39 is 12.1 Å². The molecule has 1 atom stereocenters. The Bertz CT molecular complexity index is 606. The number of hydrogen-bond acceptors (Lipinski definition) is 5. The van der Waals surface area contributed by atoms with Crippen LogP contribution in [0.25, 0.3) is 10.9 Å². The zero-order chi connectivity index (χ0) is 14.0. The van der Waals surface area contributed by atoms with Gasteiger partial charge < -0.3 is 15.2 Å². The van der Waals surface area contributed by atoms with Crippen LogP contribution in [0, 0.1) is 0 Å². The number of carbonyl (C=O) groups is 1. The summed E-state index contributed by atoms with van der Waals surface area (Å²) in [7, 11) is 1.81. The molecule has 2 rings (SSSR count). The van der Waals surface area contributed by atoms with Crippen molar-refractivity contribution in [2.75, 3.05) is 12.3 Å². The van der Waals surface area contributed by atoms with Crippen LogP contribution in [-0.2, 0) is 16.6 Å². The number of nitrogens with zero attached hydrogens (tertiary/aromatic N) is 2. The predicted octanol–water partition coefficient (Wildman–Crippen LogP) is 1.49. The van der Waals surface area contributed by atoms with Gasteiger partial charge in [-0.15, -0.1) is 5.10 Å². The second kappa shape index (κ2) is 5.17. The van der Waals surface area contributed by atoms with Crippen molar-refractivity contribution in [2.24, 2.45) is 7.05 Å². The highest BCUT2D eigenvalue weighted by Crippen LogP contribution is 2.27. The van der Waals surface area contributed by atoms with Crippen molar-refractivity contribution in [2.45, 2.75) is 20.0 Å². The molecule has 0 aliphatic rings. The summed E-state index contributed by atoms with van der Waals surface area (Å²) in [5.41, 5.74) is 7.26. The molecule has 0 aliphatic carbocycles. The van der Waals surface area contributed by atoms with Crippen molar-refractivity contribution < 1.29 is 14.3 Å². The average Bonchev–Trinajstić information content (AvgIpc) is 2.66. The van der Waals surface area contributed by atoms with E-state index in [0.717, 1.165) is 10.9 Å². The third-order valence-corrected chi connectivity index (χ3v) is 2.75. The van der Waals surface area contributed by atoms with Gasteiger partial charge in [-0.05, 0) is 32.0 Å². The number of ether oxygens (including phenoxy) is 2. The van der Waals surface area contributed by atoms with Gasteiger partial charge in [0.15, 0.2) is 6.10 Å². The molecule has 0 spiro atoms. The van der Waals surface area contributed by atoms with E-state index in [9.17, 15) is 4.79 Å². The molecule has 1 heterocycles. The molecule has 19 heavy (non-hydrogen) atoms. The van der Waals surface area contributed by atoms with E-state index in [-0.39, 0.29) is 0 Å². The number of fused-ring (bicyclic) bond motifs is 1. The minimum Gasteiger partial charge on any atom is -0.463 e. The SMILES string of the molecule is CCOC(=O)C(C)Oc1nn(C)c2ccc(N)cc12. The van der Waals surface area contributed by atoms with Crippen LogP contribution in [0.3, 0.4) is 0 Å². The molecule has 0 saturated carbocycles. The molecular formula is C13H17N3O3. The van der Waals surface area contributed by atoms with Gasteiger partial charge in [0.05, 0.1) is 17.5 Å². The van der Waals surface area contributed by atoms with Crippen molar-refractivity contribution >= 4 is 22.6 Å². The molecule has 2 aromatic rings. The Kier molecular flexibility index (Phi) is 3.59. The molecular weight excluding hydrogens is 246 g/mol. The van der Waals surface area contributed by atoms with Crippen LogP contribution in [0.1, 0.15) is 13.8 Å². The van der Waals surface area contributed by atoms with Crippen LogP contribution in [0.5, 0.6) is 5.88 Å². The summed E-state index contributed by atoms with van der Waals surface area (Å²) >= 11 is 0. The molecule has 6 heteroatoms. The molecule has 102 valence electrons. The fourth-order valence-electron chi connectivity index (χ4n) is 1.81. The largest absolute Gasteiger partial charge is 0.463 e. The summed E-state index contributed by atoms with van der Waals surface area (Å²) in [6.45, 7) is 3.70. The van der Waals surface area contributed by atoms with Crippen molar-refractivity contribution in [3.05, 3.63) is 18.2 Å². The lowest BCUT2D eigenvalue weighted by Crippen LogP contribution is -2.26. The number of anilines is 1. The van der Waals surface area contributed by atoms with Gasteiger partial charge in [-0.1, -0.05) is 0 Å². The summed E-state index contributed by atoms with van der Waals surface area (Å²) in [5.74, 6) is -0.0319. The summed E-state index contributed by atoms with van der Waals surface area (Å²) in [4.78, 5) is 11.6. The molecule has 0 aliphatic heterocycles. The normalized spacial score (nSPS) is 12.4. The lowest BCUT2D eigenvalue weighted by Gasteiger charge is -2.11. The Hall–Kier alpha value is -2.24.